The zero-order chi connectivity index (χ0) is 16.8. The van der Waals surface area contributed by atoms with Crippen molar-refractivity contribution in [1.82, 2.24) is 15.1 Å². The van der Waals surface area contributed by atoms with Gasteiger partial charge in [0.15, 0.2) is 0 Å². The van der Waals surface area contributed by atoms with Gasteiger partial charge in [0, 0.05) is 38.6 Å². The molecule has 2 atom stereocenters. The molecule has 1 saturated heterocycles. The lowest BCUT2D eigenvalue weighted by Crippen LogP contribution is -2.38. The summed E-state index contributed by atoms with van der Waals surface area (Å²) in [5, 5.41) is 2.88. The van der Waals surface area contributed by atoms with Crippen LogP contribution in [0.15, 0.2) is 30.3 Å². The van der Waals surface area contributed by atoms with Crippen molar-refractivity contribution < 1.29 is 9.59 Å². The van der Waals surface area contributed by atoms with Crippen LogP contribution in [0.4, 0.5) is 0 Å². The maximum Gasteiger partial charge on any atom is 0.225 e. The van der Waals surface area contributed by atoms with E-state index in [2.05, 4.69) is 5.32 Å². The number of nitrogens with zero attached hydrogens (tertiary/aromatic N) is 2. The average molecular weight is 318 g/mol. The maximum absolute atomic E-state index is 12.3. The quantitative estimate of drug-likeness (QED) is 0.753. The summed E-state index contributed by atoms with van der Waals surface area (Å²) in [5.41, 5.74) is 7.07. The van der Waals surface area contributed by atoms with E-state index in [0.717, 1.165) is 12.1 Å². The van der Waals surface area contributed by atoms with E-state index in [9.17, 15) is 9.59 Å². The number of likely N-dealkylation sites (tertiary alicyclic amines) is 1. The van der Waals surface area contributed by atoms with Crippen molar-refractivity contribution in [3.05, 3.63) is 35.9 Å². The highest BCUT2D eigenvalue weighted by Gasteiger charge is 2.33. The first-order valence-electron chi connectivity index (χ1n) is 7.98. The lowest BCUT2D eigenvalue weighted by Gasteiger charge is -2.19. The molecule has 1 aromatic carbocycles. The molecule has 2 rings (SSSR count). The van der Waals surface area contributed by atoms with Gasteiger partial charge in [-0.25, -0.2) is 0 Å². The second-order valence-corrected chi connectivity index (χ2v) is 6.31. The summed E-state index contributed by atoms with van der Waals surface area (Å²) in [7, 11) is 3.94. The van der Waals surface area contributed by atoms with Crippen LogP contribution in [0.2, 0.25) is 0 Å². The van der Waals surface area contributed by atoms with Crippen molar-refractivity contribution in [1.29, 1.82) is 0 Å². The largest absolute Gasteiger partial charge is 0.354 e. The molecule has 0 spiro atoms. The fraction of sp³-hybridized carbons (Fsp3) is 0.529. The Labute approximate surface area is 137 Å². The van der Waals surface area contributed by atoms with Crippen molar-refractivity contribution in [3.8, 4) is 0 Å². The highest BCUT2D eigenvalue weighted by atomic mass is 16.2. The Hall–Kier alpha value is -1.92. The third-order valence-corrected chi connectivity index (χ3v) is 4.13. The Morgan fingerprint density at radius 1 is 1.39 bits per heavy atom. The first-order chi connectivity index (χ1) is 11.0. The summed E-state index contributed by atoms with van der Waals surface area (Å²) in [6.45, 7) is 2.35. The van der Waals surface area contributed by atoms with Crippen LogP contribution in [0.5, 0.6) is 0 Å². The van der Waals surface area contributed by atoms with Gasteiger partial charge < -0.3 is 20.9 Å². The van der Waals surface area contributed by atoms with Crippen molar-refractivity contribution in [2.24, 2.45) is 11.7 Å². The Bertz CT molecular complexity index is 533. The van der Waals surface area contributed by atoms with Gasteiger partial charge in [-0.1, -0.05) is 30.3 Å². The molecule has 0 radical (unpaired) electrons. The van der Waals surface area contributed by atoms with Gasteiger partial charge in [0.05, 0.1) is 5.92 Å². The van der Waals surface area contributed by atoms with E-state index >= 15 is 0 Å². The second kappa shape index (κ2) is 8.08. The second-order valence-electron chi connectivity index (χ2n) is 6.31. The minimum atomic E-state index is -0.271. The molecule has 6 heteroatoms. The fourth-order valence-corrected chi connectivity index (χ4v) is 2.66. The first kappa shape index (κ1) is 17.4. The predicted octanol–water partition coefficient (Wildman–Crippen LogP) is 0.213. The number of carbonyl (C=O) groups excluding carboxylic acids is 2. The van der Waals surface area contributed by atoms with E-state index in [0.29, 0.717) is 26.1 Å². The summed E-state index contributed by atoms with van der Waals surface area (Å²) < 4.78 is 0. The number of hydrogen-bond acceptors (Lipinski definition) is 4. The highest BCUT2D eigenvalue weighted by Crippen LogP contribution is 2.18. The maximum atomic E-state index is 12.3. The third-order valence-electron chi connectivity index (χ3n) is 4.13. The molecule has 1 aliphatic heterocycles. The number of carbonyl (C=O) groups is 2. The van der Waals surface area contributed by atoms with E-state index < -0.39 is 0 Å². The van der Waals surface area contributed by atoms with Crippen molar-refractivity contribution in [2.45, 2.75) is 12.5 Å². The van der Waals surface area contributed by atoms with Crippen molar-refractivity contribution >= 4 is 11.8 Å². The van der Waals surface area contributed by atoms with Gasteiger partial charge in [0.1, 0.15) is 0 Å². The van der Waals surface area contributed by atoms with Gasteiger partial charge in [0.25, 0.3) is 0 Å². The van der Waals surface area contributed by atoms with Crippen molar-refractivity contribution in [2.75, 3.05) is 40.3 Å². The van der Waals surface area contributed by atoms with Crippen LogP contribution in [0.25, 0.3) is 0 Å². The van der Waals surface area contributed by atoms with E-state index in [1.165, 1.54) is 0 Å². The molecule has 0 bridgehead atoms. The summed E-state index contributed by atoms with van der Waals surface area (Å²) in [6.07, 6.45) is 0.292. The summed E-state index contributed by atoms with van der Waals surface area (Å²) >= 11 is 0. The van der Waals surface area contributed by atoms with Crippen LogP contribution < -0.4 is 11.1 Å². The Kier molecular flexibility index (Phi) is 6.12. The van der Waals surface area contributed by atoms with Gasteiger partial charge in [-0.15, -0.1) is 0 Å². The zero-order valence-electron chi connectivity index (χ0n) is 13.9. The first-order valence-corrected chi connectivity index (χ1v) is 7.98. The lowest BCUT2D eigenvalue weighted by molar-refractivity contribution is -0.129. The number of amides is 2. The van der Waals surface area contributed by atoms with Crippen LogP contribution in [0.3, 0.4) is 0 Å². The van der Waals surface area contributed by atoms with Crippen LogP contribution in [0, 0.1) is 5.92 Å². The van der Waals surface area contributed by atoms with Crippen LogP contribution in [-0.4, -0.2) is 61.9 Å². The number of hydrogen-bond donors (Lipinski definition) is 2. The molecule has 6 nitrogen and oxygen atoms in total. The molecule has 0 saturated carbocycles. The van der Waals surface area contributed by atoms with Gasteiger partial charge in [-0.05, 0) is 19.7 Å². The molecule has 0 aliphatic carbocycles. The lowest BCUT2D eigenvalue weighted by atomic mass is 10.1. The molecule has 1 fully saturated rings. The average Bonchev–Trinajstić information content (AvgIpc) is 2.92. The minimum absolute atomic E-state index is 0.0550. The molecule has 1 heterocycles. The predicted molar refractivity (Wildman–Crippen MR) is 89.6 cm³/mol. The van der Waals surface area contributed by atoms with Crippen LogP contribution in [-0.2, 0) is 9.59 Å². The van der Waals surface area contributed by atoms with Gasteiger partial charge in [-0.3, -0.25) is 9.59 Å². The topological polar surface area (TPSA) is 78.7 Å². The SMILES string of the molecule is CN(C)CCN1CC(C(=O)NCC(N)c2ccccc2)CC1=O. The van der Waals surface area contributed by atoms with Crippen LogP contribution >= 0.6 is 0 Å². The van der Waals surface area contributed by atoms with Gasteiger partial charge in [0.2, 0.25) is 11.8 Å². The number of rotatable bonds is 7. The molecule has 1 aliphatic rings. The molecular weight excluding hydrogens is 292 g/mol. The normalized spacial score (nSPS) is 19.2. The highest BCUT2D eigenvalue weighted by molar-refractivity contribution is 5.89. The molecule has 23 heavy (non-hydrogen) atoms. The number of likely N-dealkylation sites (N-methyl/N-ethyl adjacent to an activating group) is 1. The third kappa shape index (κ3) is 5.04. The van der Waals surface area contributed by atoms with Crippen molar-refractivity contribution in [3.63, 3.8) is 0 Å². The van der Waals surface area contributed by atoms with E-state index in [1.807, 2.05) is 49.3 Å². The Morgan fingerprint density at radius 2 is 2.09 bits per heavy atom. The summed E-state index contributed by atoms with van der Waals surface area (Å²) in [5.74, 6) is -0.302. The Morgan fingerprint density at radius 3 is 2.74 bits per heavy atom. The fourth-order valence-electron chi connectivity index (χ4n) is 2.66. The molecule has 1 aromatic rings. The van der Waals surface area contributed by atoms with E-state index in [1.54, 1.807) is 4.90 Å². The molecule has 3 N–H and O–H groups in total. The zero-order valence-corrected chi connectivity index (χ0v) is 13.9. The molecule has 0 aromatic heterocycles. The molecule has 2 unspecified atom stereocenters. The van der Waals surface area contributed by atoms with E-state index in [-0.39, 0.29) is 23.8 Å². The summed E-state index contributed by atoms with van der Waals surface area (Å²) in [6, 6.07) is 9.44. The standard InChI is InChI=1S/C17H26N4O2/c1-20(2)8-9-21-12-14(10-16(21)22)17(23)19-11-15(18)13-6-4-3-5-7-13/h3-7,14-15H,8-12,18H2,1-2H3,(H,19,23). The number of benzene rings is 1. The minimum Gasteiger partial charge on any atom is -0.354 e. The molecular formula is C17H26N4O2. The van der Waals surface area contributed by atoms with Gasteiger partial charge in [-0.2, -0.15) is 0 Å². The molecule has 126 valence electrons. The molecule has 2 amide bonds. The Balaban J connectivity index is 1.79. The summed E-state index contributed by atoms with van der Waals surface area (Å²) in [4.78, 5) is 28.0. The van der Waals surface area contributed by atoms with Gasteiger partial charge >= 0.3 is 0 Å². The van der Waals surface area contributed by atoms with Crippen LogP contribution in [0.1, 0.15) is 18.0 Å². The smallest absolute Gasteiger partial charge is 0.225 e. The number of nitrogens with two attached hydrogens (primary N) is 1. The monoisotopic (exact) mass is 318 g/mol. The van der Waals surface area contributed by atoms with E-state index in [4.69, 9.17) is 5.73 Å². The number of nitrogens with one attached hydrogen (secondary N) is 1.